The van der Waals surface area contributed by atoms with E-state index in [1.807, 2.05) is 12.1 Å². The lowest BCUT2D eigenvalue weighted by Gasteiger charge is -2.48. The van der Waals surface area contributed by atoms with Crippen molar-refractivity contribution in [2.24, 2.45) is 11.3 Å². The molecule has 1 aromatic carbocycles. The number of hydrogen-bond acceptors (Lipinski definition) is 2. The predicted molar refractivity (Wildman–Crippen MR) is 73.9 cm³/mol. The Morgan fingerprint density at radius 1 is 1.32 bits per heavy atom. The highest BCUT2D eigenvalue weighted by atomic mass is 19.1. The SMILES string of the molecule is COc1cccc(CC2(C3CCCC3)CNC2)c1F. The van der Waals surface area contributed by atoms with Crippen molar-refractivity contribution in [3.05, 3.63) is 29.6 Å². The van der Waals surface area contributed by atoms with Gasteiger partial charge in [0, 0.05) is 18.5 Å². The maximum atomic E-state index is 14.3. The Labute approximate surface area is 114 Å². The fraction of sp³-hybridized carbons (Fsp3) is 0.625. The van der Waals surface area contributed by atoms with Gasteiger partial charge < -0.3 is 10.1 Å². The minimum absolute atomic E-state index is 0.172. The molecule has 1 saturated heterocycles. The largest absolute Gasteiger partial charge is 0.494 e. The van der Waals surface area contributed by atoms with Crippen molar-refractivity contribution >= 4 is 0 Å². The first-order valence-electron chi connectivity index (χ1n) is 7.27. The van der Waals surface area contributed by atoms with Crippen LogP contribution in [0.2, 0.25) is 0 Å². The molecule has 2 fully saturated rings. The Morgan fingerprint density at radius 2 is 2.05 bits per heavy atom. The first-order chi connectivity index (χ1) is 9.25. The normalized spacial score (nSPS) is 22.2. The Kier molecular flexibility index (Phi) is 3.48. The van der Waals surface area contributed by atoms with Gasteiger partial charge in [0.1, 0.15) is 0 Å². The first-order valence-corrected chi connectivity index (χ1v) is 7.27. The molecular weight excluding hydrogens is 241 g/mol. The van der Waals surface area contributed by atoms with Crippen molar-refractivity contribution in [2.75, 3.05) is 20.2 Å². The number of methoxy groups -OCH3 is 1. The number of halogens is 1. The van der Waals surface area contributed by atoms with E-state index in [9.17, 15) is 4.39 Å². The second-order valence-electron chi connectivity index (χ2n) is 6.06. The van der Waals surface area contributed by atoms with Gasteiger partial charge in [-0.25, -0.2) is 4.39 Å². The summed E-state index contributed by atoms with van der Waals surface area (Å²) in [5.74, 6) is 0.958. The molecule has 0 unspecified atom stereocenters. The van der Waals surface area contributed by atoms with E-state index in [4.69, 9.17) is 4.74 Å². The van der Waals surface area contributed by atoms with Crippen molar-refractivity contribution in [2.45, 2.75) is 32.1 Å². The smallest absolute Gasteiger partial charge is 0.168 e. The molecule has 2 nitrogen and oxygen atoms in total. The van der Waals surface area contributed by atoms with Gasteiger partial charge in [-0.15, -0.1) is 0 Å². The van der Waals surface area contributed by atoms with Crippen LogP contribution in [0.4, 0.5) is 4.39 Å². The average molecular weight is 263 g/mol. The summed E-state index contributed by atoms with van der Waals surface area (Å²) in [7, 11) is 1.53. The van der Waals surface area contributed by atoms with E-state index in [1.54, 1.807) is 6.07 Å². The average Bonchev–Trinajstić information content (AvgIpc) is 2.89. The van der Waals surface area contributed by atoms with Crippen LogP contribution in [0, 0.1) is 17.2 Å². The van der Waals surface area contributed by atoms with Gasteiger partial charge in [-0.2, -0.15) is 0 Å². The summed E-state index contributed by atoms with van der Waals surface area (Å²) >= 11 is 0. The lowest BCUT2D eigenvalue weighted by atomic mass is 9.66. The lowest BCUT2D eigenvalue weighted by Crippen LogP contribution is -2.58. The van der Waals surface area contributed by atoms with Gasteiger partial charge in [0.05, 0.1) is 7.11 Å². The summed E-state index contributed by atoms with van der Waals surface area (Å²) in [5, 5.41) is 3.39. The molecule has 0 amide bonds. The number of benzene rings is 1. The Bertz CT molecular complexity index is 450. The van der Waals surface area contributed by atoms with Crippen LogP contribution in [0.1, 0.15) is 31.2 Å². The molecule has 1 N–H and O–H groups in total. The van der Waals surface area contributed by atoms with E-state index in [0.29, 0.717) is 5.75 Å². The van der Waals surface area contributed by atoms with Gasteiger partial charge in [0.2, 0.25) is 0 Å². The molecule has 0 bridgehead atoms. The second kappa shape index (κ2) is 5.12. The number of ether oxygens (including phenoxy) is 1. The van der Waals surface area contributed by atoms with Gasteiger partial charge in [-0.05, 0) is 36.8 Å². The third kappa shape index (κ3) is 2.25. The van der Waals surface area contributed by atoms with Crippen LogP contribution >= 0.6 is 0 Å². The molecule has 104 valence electrons. The monoisotopic (exact) mass is 263 g/mol. The summed E-state index contributed by atoms with van der Waals surface area (Å²) in [6.07, 6.45) is 6.15. The standard InChI is InChI=1S/C16H22FNO/c1-19-14-8-4-5-12(15(14)17)9-16(10-18-11-16)13-6-2-3-7-13/h4-5,8,13,18H,2-3,6-7,9-11H2,1H3. The first kappa shape index (κ1) is 12.9. The van der Waals surface area contributed by atoms with Gasteiger partial charge in [0.25, 0.3) is 0 Å². The van der Waals surface area contributed by atoms with Crippen LogP contribution < -0.4 is 10.1 Å². The molecule has 2 aliphatic rings. The Balaban J connectivity index is 1.83. The predicted octanol–water partition coefficient (Wildman–Crippen LogP) is 3.16. The van der Waals surface area contributed by atoms with E-state index < -0.39 is 0 Å². The zero-order valence-electron chi connectivity index (χ0n) is 11.5. The molecule has 0 spiro atoms. The Morgan fingerprint density at radius 3 is 2.63 bits per heavy atom. The number of nitrogens with one attached hydrogen (secondary N) is 1. The van der Waals surface area contributed by atoms with Crippen molar-refractivity contribution in [3.63, 3.8) is 0 Å². The molecule has 1 aliphatic heterocycles. The molecule has 1 aliphatic carbocycles. The minimum atomic E-state index is -0.172. The topological polar surface area (TPSA) is 21.3 Å². The molecule has 0 radical (unpaired) electrons. The summed E-state index contributed by atoms with van der Waals surface area (Å²) in [6, 6.07) is 5.50. The molecule has 0 aromatic heterocycles. The molecular formula is C16H22FNO. The fourth-order valence-corrected chi connectivity index (χ4v) is 3.77. The second-order valence-corrected chi connectivity index (χ2v) is 6.06. The van der Waals surface area contributed by atoms with Gasteiger partial charge >= 0.3 is 0 Å². The van der Waals surface area contributed by atoms with Crippen LogP contribution in [-0.4, -0.2) is 20.2 Å². The summed E-state index contributed by atoms with van der Waals surface area (Å²) in [4.78, 5) is 0. The van der Waals surface area contributed by atoms with Gasteiger partial charge in [-0.1, -0.05) is 25.0 Å². The van der Waals surface area contributed by atoms with Crippen LogP contribution in [0.15, 0.2) is 18.2 Å². The highest BCUT2D eigenvalue weighted by Crippen LogP contribution is 2.45. The van der Waals surface area contributed by atoms with Crippen LogP contribution in [0.3, 0.4) is 0 Å². The van der Waals surface area contributed by atoms with Crippen molar-refractivity contribution in [3.8, 4) is 5.75 Å². The summed E-state index contributed by atoms with van der Waals surface area (Å²) < 4.78 is 19.4. The van der Waals surface area contributed by atoms with Crippen LogP contribution in [-0.2, 0) is 6.42 Å². The Hall–Kier alpha value is -1.09. The molecule has 1 heterocycles. The molecule has 19 heavy (non-hydrogen) atoms. The van der Waals surface area contributed by atoms with Crippen LogP contribution in [0.5, 0.6) is 5.75 Å². The van der Waals surface area contributed by atoms with Gasteiger partial charge in [0.15, 0.2) is 11.6 Å². The zero-order valence-corrected chi connectivity index (χ0v) is 11.5. The van der Waals surface area contributed by atoms with Crippen molar-refractivity contribution < 1.29 is 9.13 Å². The third-order valence-corrected chi connectivity index (χ3v) is 4.98. The number of rotatable bonds is 4. The lowest BCUT2D eigenvalue weighted by molar-refractivity contribution is 0.0799. The van der Waals surface area contributed by atoms with Crippen molar-refractivity contribution in [1.29, 1.82) is 0 Å². The van der Waals surface area contributed by atoms with E-state index in [1.165, 1.54) is 32.8 Å². The third-order valence-electron chi connectivity index (χ3n) is 4.98. The summed E-state index contributed by atoms with van der Waals surface area (Å²) in [6.45, 7) is 2.07. The quantitative estimate of drug-likeness (QED) is 0.901. The minimum Gasteiger partial charge on any atom is -0.494 e. The highest BCUT2D eigenvalue weighted by molar-refractivity contribution is 5.32. The molecule has 1 aromatic rings. The van der Waals surface area contributed by atoms with Gasteiger partial charge in [-0.3, -0.25) is 0 Å². The van der Waals surface area contributed by atoms with E-state index in [2.05, 4.69) is 5.32 Å². The molecule has 3 heteroatoms. The highest BCUT2D eigenvalue weighted by Gasteiger charge is 2.45. The molecule has 0 atom stereocenters. The van der Waals surface area contributed by atoms with Crippen LogP contribution in [0.25, 0.3) is 0 Å². The molecule has 3 rings (SSSR count). The van der Waals surface area contributed by atoms with E-state index in [0.717, 1.165) is 31.0 Å². The maximum Gasteiger partial charge on any atom is 0.168 e. The molecule has 1 saturated carbocycles. The fourth-order valence-electron chi connectivity index (χ4n) is 3.77. The zero-order chi connectivity index (χ0) is 13.3. The van der Waals surface area contributed by atoms with E-state index in [-0.39, 0.29) is 11.2 Å². The number of hydrogen-bond donors (Lipinski definition) is 1. The maximum absolute atomic E-state index is 14.3. The summed E-state index contributed by atoms with van der Waals surface area (Å²) in [5.41, 5.74) is 1.09. The van der Waals surface area contributed by atoms with Crippen molar-refractivity contribution in [1.82, 2.24) is 5.32 Å². The van der Waals surface area contributed by atoms with E-state index >= 15 is 0 Å².